The van der Waals surface area contributed by atoms with Gasteiger partial charge in [-0.25, -0.2) is 4.39 Å². The Morgan fingerprint density at radius 3 is 2.53 bits per heavy atom. The fourth-order valence-corrected chi connectivity index (χ4v) is 1.04. The normalized spacial score (nSPS) is 11.3. The zero-order valence-corrected chi connectivity index (χ0v) is 8.97. The van der Waals surface area contributed by atoms with Gasteiger partial charge in [0.05, 0.1) is 0 Å². The molecule has 3 nitrogen and oxygen atoms in total. The molecule has 4 heteroatoms. The van der Waals surface area contributed by atoms with Gasteiger partial charge in [0, 0.05) is 5.69 Å². The van der Waals surface area contributed by atoms with Gasteiger partial charge in [-0.3, -0.25) is 4.79 Å². The highest BCUT2D eigenvalue weighted by Crippen LogP contribution is 2.17. The number of hydrogen-bond acceptors (Lipinski definition) is 2. The van der Waals surface area contributed by atoms with E-state index in [1.54, 1.807) is 6.92 Å². The van der Waals surface area contributed by atoms with Crippen molar-refractivity contribution in [3.05, 3.63) is 29.6 Å². The summed E-state index contributed by atoms with van der Waals surface area (Å²) in [6.45, 7) is 4.46. The van der Waals surface area contributed by atoms with Gasteiger partial charge in [-0.05, 0) is 44.5 Å². The molecule has 1 aromatic carbocycles. The number of carbonyl (C=O) groups is 1. The average Bonchev–Trinajstić information content (AvgIpc) is 2.08. The predicted molar refractivity (Wildman–Crippen MR) is 56.1 cm³/mol. The van der Waals surface area contributed by atoms with E-state index in [0.717, 1.165) is 0 Å². The van der Waals surface area contributed by atoms with E-state index in [9.17, 15) is 14.3 Å². The van der Waals surface area contributed by atoms with Gasteiger partial charge in [-0.1, -0.05) is 0 Å². The fraction of sp³-hybridized carbons (Fsp3) is 0.364. The highest BCUT2D eigenvalue weighted by atomic mass is 19.1. The lowest BCUT2D eigenvalue weighted by Crippen LogP contribution is -2.36. The third kappa shape index (κ3) is 3.02. The van der Waals surface area contributed by atoms with Crippen molar-refractivity contribution in [3.8, 4) is 0 Å². The number of carbonyl (C=O) groups excluding carboxylic acids is 1. The first-order chi connectivity index (χ1) is 6.80. The molecule has 0 fully saturated rings. The summed E-state index contributed by atoms with van der Waals surface area (Å²) in [6, 6.07) is 4.04. The Morgan fingerprint density at radius 1 is 1.47 bits per heavy atom. The van der Waals surface area contributed by atoms with E-state index in [0.29, 0.717) is 11.3 Å². The number of halogens is 1. The van der Waals surface area contributed by atoms with Crippen LogP contribution in [0.5, 0.6) is 0 Å². The second kappa shape index (κ2) is 3.98. The first-order valence-electron chi connectivity index (χ1n) is 4.60. The van der Waals surface area contributed by atoms with E-state index >= 15 is 0 Å². The van der Waals surface area contributed by atoms with Gasteiger partial charge in [0.2, 0.25) is 0 Å². The molecule has 0 radical (unpaired) electrons. The van der Waals surface area contributed by atoms with Crippen LogP contribution in [0.1, 0.15) is 19.4 Å². The zero-order chi connectivity index (χ0) is 11.6. The van der Waals surface area contributed by atoms with Gasteiger partial charge < -0.3 is 10.4 Å². The molecular weight excluding hydrogens is 197 g/mol. The maximum Gasteiger partial charge on any atom is 0.255 e. The number of aliphatic hydroxyl groups is 1. The first kappa shape index (κ1) is 11.7. The molecule has 1 rings (SSSR count). The lowest BCUT2D eigenvalue weighted by atomic mass is 10.1. The Morgan fingerprint density at radius 2 is 2.07 bits per heavy atom. The number of amides is 1. The summed E-state index contributed by atoms with van der Waals surface area (Å²) in [5, 5.41) is 11.9. The van der Waals surface area contributed by atoms with Crippen molar-refractivity contribution < 1.29 is 14.3 Å². The molecule has 0 atom stereocenters. The topological polar surface area (TPSA) is 49.3 Å². The Hall–Kier alpha value is -1.42. The van der Waals surface area contributed by atoms with Crippen molar-refractivity contribution >= 4 is 11.6 Å². The van der Waals surface area contributed by atoms with Crippen LogP contribution < -0.4 is 5.32 Å². The van der Waals surface area contributed by atoms with E-state index in [1.807, 2.05) is 0 Å². The van der Waals surface area contributed by atoms with Crippen molar-refractivity contribution in [2.24, 2.45) is 0 Å². The molecule has 0 aliphatic rings. The van der Waals surface area contributed by atoms with E-state index in [2.05, 4.69) is 5.32 Å². The van der Waals surface area contributed by atoms with Crippen molar-refractivity contribution in [2.45, 2.75) is 26.4 Å². The summed E-state index contributed by atoms with van der Waals surface area (Å²) in [7, 11) is 0. The van der Waals surface area contributed by atoms with Crippen LogP contribution in [0.4, 0.5) is 10.1 Å². The minimum atomic E-state index is -1.44. The predicted octanol–water partition coefficient (Wildman–Crippen LogP) is 1.84. The summed E-state index contributed by atoms with van der Waals surface area (Å²) in [4.78, 5) is 11.4. The highest BCUT2D eigenvalue weighted by Gasteiger charge is 2.23. The van der Waals surface area contributed by atoms with E-state index in [4.69, 9.17) is 0 Å². The van der Waals surface area contributed by atoms with Crippen molar-refractivity contribution in [1.29, 1.82) is 0 Å². The van der Waals surface area contributed by atoms with Gasteiger partial charge in [0.1, 0.15) is 11.4 Å². The van der Waals surface area contributed by atoms with E-state index < -0.39 is 11.5 Å². The lowest BCUT2D eigenvalue weighted by Gasteiger charge is -2.17. The van der Waals surface area contributed by atoms with Gasteiger partial charge in [-0.2, -0.15) is 0 Å². The third-order valence-corrected chi connectivity index (χ3v) is 1.99. The molecule has 82 valence electrons. The molecular formula is C11H14FNO2. The van der Waals surface area contributed by atoms with Gasteiger partial charge in [0.25, 0.3) is 5.91 Å². The second-order valence-electron chi connectivity index (χ2n) is 3.97. The molecule has 0 unspecified atom stereocenters. The second-order valence-corrected chi connectivity index (χ2v) is 3.97. The average molecular weight is 211 g/mol. The maximum absolute atomic E-state index is 12.8. The van der Waals surface area contributed by atoms with Crippen LogP contribution in [-0.2, 0) is 4.79 Å². The molecule has 15 heavy (non-hydrogen) atoms. The Kier molecular flexibility index (Phi) is 3.09. The summed E-state index contributed by atoms with van der Waals surface area (Å²) >= 11 is 0. The van der Waals surface area contributed by atoms with Crippen LogP contribution in [0, 0.1) is 12.7 Å². The number of anilines is 1. The summed E-state index contributed by atoms with van der Waals surface area (Å²) in [6.07, 6.45) is 0. The smallest absolute Gasteiger partial charge is 0.255 e. The minimum Gasteiger partial charge on any atom is -0.381 e. The molecule has 1 amide bonds. The number of benzene rings is 1. The molecule has 0 aliphatic carbocycles. The van der Waals surface area contributed by atoms with Crippen molar-refractivity contribution in [1.82, 2.24) is 0 Å². The van der Waals surface area contributed by atoms with Gasteiger partial charge >= 0.3 is 0 Å². The molecule has 1 aromatic rings. The van der Waals surface area contributed by atoms with Crippen LogP contribution in [0.2, 0.25) is 0 Å². The molecule has 2 N–H and O–H groups in total. The van der Waals surface area contributed by atoms with E-state index in [-0.39, 0.29) is 5.82 Å². The Labute approximate surface area is 87.9 Å². The fourth-order valence-electron chi connectivity index (χ4n) is 1.04. The molecule has 0 saturated heterocycles. The van der Waals surface area contributed by atoms with Crippen LogP contribution in [0.15, 0.2) is 18.2 Å². The van der Waals surface area contributed by atoms with Crippen LogP contribution in [-0.4, -0.2) is 16.6 Å². The van der Waals surface area contributed by atoms with E-state index in [1.165, 1.54) is 32.0 Å². The minimum absolute atomic E-state index is 0.353. The van der Waals surface area contributed by atoms with Crippen LogP contribution in [0.25, 0.3) is 0 Å². The number of rotatable bonds is 2. The third-order valence-electron chi connectivity index (χ3n) is 1.99. The SMILES string of the molecule is Cc1cc(F)ccc1NC(=O)C(C)(C)O. The van der Waals surface area contributed by atoms with Crippen LogP contribution in [0.3, 0.4) is 0 Å². The maximum atomic E-state index is 12.8. The van der Waals surface area contributed by atoms with Crippen molar-refractivity contribution in [3.63, 3.8) is 0 Å². The molecule has 0 bridgehead atoms. The Bertz CT molecular complexity index is 383. The largest absolute Gasteiger partial charge is 0.381 e. The summed E-state index contributed by atoms with van der Waals surface area (Å²) in [5.74, 6) is -0.869. The quantitative estimate of drug-likeness (QED) is 0.784. The van der Waals surface area contributed by atoms with Gasteiger partial charge in [0.15, 0.2) is 0 Å². The molecule has 0 saturated carbocycles. The zero-order valence-electron chi connectivity index (χ0n) is 8.97. The monoisotopic (exact) mass is 211 g/mol. The summed E-state index contributed by atoms with van der Waals surface area (Å²) in [5.41, 5.74) is -0.322. The number of nitrogens with one attached hydrogen (secondary N) is 1. The Balaban J connectivity index is 2.87. The molecule has 0 heterocycles. The highest BCUT2D eigenvalue weighted by molar-refractivity contribution is 5.96. The first-order valence-corrected chi connectivity index (χ1v) is 4.60. The molecule has 0 spiro atoms. The lowest BCUT2D eigenvalue weighted by molar-refractivity contribution is -0.130. The molecule has 0 aliphatic heterocycles. The number of aryl methyl sites for hydroxylation is 1. The molecule has 0 aromatic heterocycles. The van der Waals surface area contributed by atoms with Gasteiger partial charge in [-0.15, -0.1) is 0 Å². The summed E-state index contributed by atoms with van der Waals surface area (Å²) < 4.78 is 12.8. The number of hydrogen-bond donors (Lipinski definition) is 2. The van der Waals surface area contributed by atoms with Crippen LogP contribution >= 0.6 is 0 Å². The van der Waals surface area contributed by atoms with Crippen molar-refractivity contribution in [2.75, 3.05) is 5.32 Å². The standard InChI is InChI=1S/C11H14FNO2/c1-7-6-8(12)4-5-9(7)13-10(14)11(2,3)15/h4-6,15H,1-3H3,(H,13,14).